The van der Waals surface area contributed by atoms with Crippen molar-refractivity contribution in [2.45, 2.75) is 0 Å². The lowest BCUT2D eigenvalue weighted by Crippen LogP contribution is -1.93. The van der Waals surface area contributed by atoms with Gasteiger partial charge in [-0.25, -0.2) is 9.67 Å². The van der Waals surface area contributed by atoms with Crippen molar-refractivity contribution in [3.63, 3.8) is 0 Å². The van der Waals surface area contributed by atoms with Crippen molar-refractivity contribution in [1.29, 1.82) is 0 Å². The van der Waals surface area contributed by atoms with Crippen LogP contribution in [0.15, 0.2) is 30.9 Å². The van der Waals surface area contributed by atoms with Gasteiger partial charge in [0.15, 0.2) is 0 Å². The van der Waals surface area contributed by atoms with E-state index in [0.29, 0.717) is 10.0 Å². The normalized spacial score (nSPS) is 10.3. The highest BCUT2D eigenvalue weighted by atomic mass is 35.5. The number of halogens is 2. The molecule has 0 bridgehead atoms. The van der Waals surface area contributed by atoms with Crippen LogP contribution >= 0.6 is 23.2 Å². The van der Waals surface area contributed by atoms with Gasteiger partial charge in [0, 0.05) is 10.0 Å². The van der Waals surface area contributed by atoms with Crippen LogP contribution in [-0.4, -0.2) is 14.8 Å². The standard InChI is InChI=1S/C8H5Cl2N3/c9-6-1-7(10)3-8(2-6)13-5-11-4-12-13/h1-5H. The molecule has 0 N–H and O–H groups in total. The van der Waals surface area contributed by atoms with E-state index in [2.05, 4.69) is 10.1 Å². The molecule has 0 aliphatic rings. The van der Waals surface area contributed by atoms with E-state index < -0.39 is 0 Å². The van der Waals surface area contributed by atoms with Crippen molar-refractivity contribution >= 4 is 23.2 Å². The predicted octanol–water partition coefficient (Wildman–Crippen LogP) is 2.57. The van der Waals surface area contributed by atoms with Gasteiger partial charge in [-0.05, 0) is 18.2 Å². The van der Waals surface area contributed by atoms with Crippen LogP contribution in [-0.2, 0) is 0 Å². The van der Waals surface area contributed by atoms with Gasteiger partial charge in [0.05, 0.1) is 5.69 Å². The Balaban J connectivity index is 2.53. The van der Waals surface area contributed by atoms with Gasteiger partial charge in [0.2, 0.25) is 0 Å². The molecule has 0 unspecified atom stereocenters. The molecular weight excluding hydrogens is 209 g/mol. The summed E-state index contributed by atoms with van der Waals surface area (Å²) in [6, 6.07) is 5.20. The van der Waals surface area contributed by atoms with Crippen molar-refractivity contribution in [2.75, 3.05) is 0 Å². The molecule has 0 amide bonds. The van der Waals surface area contributed by atoms with Crippen molar-refractivity contribution < 1.29 is 0 Å². The van der Waals surface area contributed by atoms with Gasteiger partial charge >= 0.3 is 0 Å². The van der Waals surface area contributed by atoms with Crippen LogP contribution < -0.4 is 0 Å². The van der Waals surface area contributed by atoms with Gasteiger partial charge in [-0.3, -0.25) is 0 Å². The minimum Gasteiger partial charge on any atom is -0.223 e. The summed E-state index contributed by atoms with van der Waals surface area (Å²) in [7, 11) is 0. The number of nitrogens with zero attached hydrogens (tertiary/aromatic N) is 3. The first-order chi connectivity index (χ1) is 6.25. The first-order valence-electron chi connectivity index (χ1n) is 3.57. The summed E-state index contributed by atoms with van der Waals surface area (Å²) in [6.45, 7) is 0. The zero-order valence-electron chi connectivity index (χ0n) is 6.48. The van der Waals surface area contributed by atoms with Gasteiger partial charge in [-0.2, -0.15) is 5.10 Å². The summed E-state index contributed by atoms with van der Waals surface area (Å²) in [5.41, 5.74) is 0.801. The van der Waals surface area contributed by atoms with Gasteiger partial charge in [-0.1, -0.05) is 23.2 Å². The molecule has 3 nitrogen and oxygen atoms in total. The van der Waals surface area contributed by atoms with Crippen LogP contribution in [0, 0.1) is 0 Å². The fourth-order valence-electron chi connectivity index (χ4n) is 1.01. The number of aromatic nitrogens is 3. The third-order valence-corrected chi connectivity index (χ3v) is 1.97. The van der Waals surface area contributed by atoms with Gasteiger partial charge in [0.25, 0.3) is 0 Å². The highest BCUT2D eigenvalue weighted by molar-refractivity contribution is 6.34. The fraction of sp³-hybridized carbons (Fsp3) is 0. The van der Waals surface area contributed by atoms with Crippen LogP contribution in [0.1, 0.15) is 0 Å². The molecule has 0 spiro atoms. The highest BCUT2D eigenvalue weighted by Crippen LogP contribution is 2.20. The molecule has 1 aromatic carbocycles. The summed E-state index contributed by atoms with van der Waals surface area (Å²) < 4.78 is 1.60. The van der Waals surface area contributed by atoms with Crippen molar-refractivity contribution in [2.24, 2.45) is 0 Å². The average molecular weight is 214 g/mol. The predicted molar refractivity (Wildman–Crippen MR) is 51.4 cm³/mol. The van der Waals surface area contributed by atoms with Crippen LogP contribution in [0.25, 0.3) is 5.69 Å². The minimum atomic E-state index is 0.581. The fourth-order valence-corrected chi connectivity index (χ4v) is 1.53. The second kappa shape index (κ2) is 3.36. The van der Waals surface area contributed by atoms with Crippen molar-refractivity contribution in [1.82, 2.24) is 14.8 Å². The molecule has 1 aromatic heterocycles. The summed E-state index contributed by atoms with van der Waals surface area (Å²) in [5, 5.41) is 5.12. The van der Waals surface area contributed by atoms with Crippen LogP contribution in [0.2, 0.25) is 10.0 Å². The smallest absolute Gasteiger partial charge is 0.138 e. The maximum absolute atomic E-state index is 5.82. The Labute approximate surface area is 84.9 Å². The van der Waals surface area contributed by atoms with Gasteiger partial charge < -0.3 is 0 Å². The van der Waals surface area contributed by atoms with Gasteiger partial charge in [0.1, 0.15) is 12.7 Å². The summed E-state index contributed by atoms with van der Waals surface area (Å²) >= 11 is 11.6. The molecule has 0 saturated carbocycles. The van der Waals surface area contributed by atoms with Crippen molar-refractivity contribution in [3.8, 4) is 5.69 Å². The van der Waals surface area contributed by atoms with Crippen LogP contribution in [0.5, 0.6) is 0 Å². The molecule has 0 atom stereocenters. The number of hydrogen-bond donors (Lipinski definition) is 0. The molecule has 0 aliphatic carbocycles. The molecule has 1 heterocycles. The second-order valence-corrected chi connectivity index (χ2v) is 3.34. The Kier molecular flexibility index (Phi) is 2.20. The zero-order chi connectivity index (χ0) is 9.26. The molecule has 0 aliphatic heterocycles. The Morgan fingerprint density at radius 1 is 1.08 bits per heavy atom. The van der Waals surface area contributed by atoms with E-state index in [4.69, 9.17) is 23.2 Å². The van der Waals surface area contributed by atoms with E-state index in [1.54, 1.807) is 29.2 Å². The third kappa shape index (κ3) is 1.82. The molecule has 66 valence electrons. The highest BCUT2D eigenvalue weighted by Gasteiger charge is 2.00. The van der Waals surface area contributed by atoms with E-state index >= 15 is 0 Å². The Hall–Kier alpha value is -1.06. The van der Waals surface area contributed by atoms with E-state index in [1.807, 2.05) is 0 Å². The summed E-state index contributed by atoms with van der Waals surface area (Å²) in [4.78, 5) is 3.82. The minimum absolute atomic E-state index is 0.581. The first kappa shape index (κ1) is 8.53. The van der Waals surface area contributed by atoms with E-state index in [9.17, 15) is 0 Å². The molecule has 2 rings (SSSR count). The lowest BCUT2D eigenvalue weighted by molar-refractivity contribution is 0.879. The second-order valence-electron chi connectivity index (χ2n) is 2.47. The summed E-state index contributed by atoms with van der Waals surface area (Å²) in [5.74, 6) is 0. The quantitative estimate of drug-likeness (QED) is 0.730. The lowest BCUT2D eigenvalue weighted by Gasteiger charge is -2.01. The molecule has 0 saturated heterocycles. The maximum Gasteiger partial charge on any atom is 0.138 e. The Morgan fingerprint density at radius 2 is 1.77 bits per heavy atom. The largest absolute Gasteiger partial charge is 0.223 e. The Bertz CT molecular complexity index is 391. The monoisotopic (exact) mass is 213 g/mol. The maximum atomic E-state index is 5.82. The SMILES string of the molecule is Clc1cc(Cl)cc(-n2cncn2)c1. The summed E-state index contributed by atoms with van der Waals surface area (Å²) in [6.07, 6.45) is 3.04. The van der Waals surface area contributed by atoms with E-state index in [-0.39, 0.29) is 0 Å². The Morgan fingerprint density at radius 3 is 2.31 bits per heavy atom. The number of hydrogen-bond acceptors (Lipinski definition) is 2. The van der Waals surface area contributed by atoms with E-state index in [1.165, 1.54) is 6.33 Å². The topological polar surface area (TPSA) is 30.7 Å². The zero-order valence-corrected chi connectivity index (χ0v) is 8.00. The average Bonchev–Trinajstić information content (AvgIpc) is 2.53. The van der Waals surface area contributed by atoms with Crippen molar-refractivity contribution in [3.05, 3.63) is 40.9 Å². The number of rotatable bonds is 1. The third-order valence-electron chi connectivity index (χ3n) is 1.53. The molecular formula is C8H5Cl2N3. The van der Waals surface area contributed by atoms with E-state index in [0.717, 1.165) is 5.69 Å². The molecule has 13 heavy (non-hydrogen) atoms. The van der Waals surface area contributed by atoms with Crippen LogP contribution in [0.3, 0.4) is 0 Å². The van der Waals surface area contributed by atoms with Gasteiger partial charge in [-0.15, -0.1) is 0 Å². The molecule has 5 heteroatoms. The first-order valence-corrected chi connectivity index (χ1v) is 4.32. The molecule has 0 radical (unpaired) electrons. The lowest BCUT2D eigenvalue weighted by atomic mass is 10.3. The molecule has 0 fully saturated rings. The molecule has 2 aromatic rings. The number of benzene rings is 1. The van der Waals surface area contributed by atoms with Crippen LogP contribution in [0.4, 0.5) is 0 Å².